The van der Waals surface area contributed by atoms with E-state index in [0.29, 0.717) is 11.3 Å². The Morgan fingerprint density at radius 1 is 1.15 bits per heavy atom. The van der Waals surface area contributed by atoms with Crippen molar-refractivity contribution in [3.05, 3.63) is 12.2 Å². The van der Waals surface area contributed by atoms with Crippen molar-refractivity contribution in [3.8, 4) is 0 Å². The van der Waals surface area contributed by atoms with Crippen molar-refractivity contribution in [2.45, 2.75) is 72.3 Å². The lowest BCUT2D eigenvalue weighted by Gasteiger charge is -2.60. The summed E-state index contributed by atoms with van der Waals surface area (Å²) in [5.41, 5.74) is -0.244. The SMILES string of the molecule is CC(=O)/C=C/[C@H]1[C@]2(C)CCCC(C)(C)[C@@H]2CC[C@@]1(C)O. The Kier molecular flexibility index (Phi) is 3.92. The predicted octanol–water partition coefficient (Wildman–Crippen LogP) is 4.13. The van der Waals surface area contributed by atoms with E-state index in [2.05, 4.69) is 20.8 Å². The van der Waals surface area contributed by atoms with Crippen molar-refractivity contribution in [2.24, 2.45) is 22.7 Å². The van der Waals surface area contributed by atoms with E-state index < -0.39 is 5.60 Å². The van der Waals surface area contributed by atoms with Crippen molar-refractivity contribution in [3.63, 3.8) is 0 Å². The standard InChI is InChI=1S/C18H30O2/c1-13(19)7-8-15-17(4)11-6-10-16(2,3)14(17)9-12-18(15,5)20/h7-8,14-15,20H,6,9-12H2,1-5H3/b8-7+/t14-,15-,17+,18+/m0/s1. The first-order valence-electron chi connectivity index (χ1n) is 8.01. The van der Waals surface area contributed by atoms with Crippen LogP contribution >= 0.6 is 0 Å². The Bertz CT molecular complexity index is 419. The molecule has 0 amide bonds. The summed E-state index contributed by atoms with van der Waals surface area (Å²) in [4.78, 5) is 11.3. The molecule has 0 heterocycles. The molecule has 0 bridgehead atoms. The van der Waals surface area contributed by atoms with Gasteiger partial charge >= 0.3 is 0 Å². The van der Waals surface area contributed by atoms with Crippen LogP contribution in [-0.2, 0) is 4.79 Å². The molecule has 2 heteroatoms. The molecule has 0 spiro atoms. The number of carbonyl (C=O) groups excluding carboxylic acids is 1. The molecular formula is C18H30O2. The van der Waals surface area contributed by atoms with Crippen molar-refractivity contribution >= 4 is 5.78 Å². The summed E-state index contributed by atoms with van der Waals surface area (Å²) < 4.78 is 0. The van der Waals surface area contributed by atoms with E-state index >= 15 is 0 Å². The van der Waals surface area contributed by atoms with Crippen LogP contribution in [0.25, 0.3) is 0 Å². The maximum atomic E-state index is 11.3. The Balaban J connectivity index is 2.40. The largest absolute Gasteiger partial charge is 0.390 e. The Morgan fingerprint density at radius 2 is 1.80 bits per heavy atom. The maximum absolute atomic E-state index is 11.3. The molecule has 2 nitrogen and oxygen atoms in total. The van der Waals surface area contributed by atoms with Gasteiger partial charge in [0, 0.05) is 5.92 Å². The number of ketones is 1. The molecule has 0 aliphatic heterocycles. The highest BCUT2D eigenvalue weighted by molar-refractivity contribution is 5.87. The molecule has 4 atom stereocenters. The summed E-state index contributed by atoms with van der Waals surface area (Å²) in [6.07, 6.45) is 9.25. The molecule has 0 aromatic carbocycles. The number of aliphatic hydroxyl groups is 1. The first-order chi connectivity index (χ1) is 9.09. The summed E-state index contributed by atoms with van der Waals surface area (Å²) in [7, 11) is 0. The van der Waals surface area contributed by atoms with Crippen LogP contribution in [0.2, 0.25) is 0 Å². The second-order valence-electron chi connectivity index (χ2n) is 8.24. The Hall–Kier alpha value is -0.630. The van der Waals surface area contributed by atoms with Gasteiger partial charge in [-0.2, -0.15) is 0 Å². The van der Waals surface area contributed by atoms with Gasteiger partial charge < -0.3 is 5.11 Å². The van der Waals surface area contributed by atoms with Crippen molar-refractivity contribution in [2.75, 3.05) is 0 Å². The lowest BCUT2D eigenvalue weighted by molar-refractivity contribution is -0.149. The van der Waals surface area contributed by atoms with E-state index in [-0.39, 0.29) is 17.1 Å². The quantitative estimate of drug-likeness (QED) is 0.771. The zero-order valence-corrected chi connectivity index (χ0v) is 13.7. The van der Waals surface area contributed by atoms with Crippen molar-refractivity contribution < 1.29 is 9.90 Å². The van der Waals surface area contributed by atoms with Crippen molar-refractivity contribution in [1.29, 1.82) is 0 Å². The molecule has 2 aliphatic rings. The van der Waals surface area contributed by atoms with Gasteiger partial charge in [0.25, 0.3) is 0 Å². The van der Waals surface area contributed by atoms with Crippen LogP contribution in [0, 0.1) is 22.7 Å². The third-order valence-corrected chi connectivity index (χ3v) is 6.12. The van der Waals surface area contributed by atoms with E-state index in [1.165, 1.54) is 12.8 Å². The fourth-order valence-corrected chi connectivity index (χ4v) is 5.22. The van der Waals surface area contributed by atoms with Crippen molar-refractivity contribution in [1.82, 2.24) is 0 Å². The van der Waals surface area contributed by atoms with Crippen LogP contribution in [0.4, 0.5) is 0 Å². The molecule has 2 saturated carbocycles. The molecule has 0 aromatic heterocycles. The highest BCUT2D eigenvalue weighted by Crippen LogP contribution is 2.62. The molecule has 1 N–H and O–H groups in total. The van der Waals surface area contributed by atoms with Crippen LogP contribution < -0.4 is 0 Å². The lowest BCUT2D eigenvalue weighted by atomic mass is 9.45. The van der Waals surface area contributed by atoms with E-state index in [1.54, 1.807) is 13.0 Å². The van der Waals surface area contributed by atoms with Crippen LogP contribution in [-0.4, -0.2) is 16.5 Å². The average molecular weight is 278 g/mol. The third-order valence-electron chi connectivity index (χ3n) is 6.12. The summed E-state index contributed by atoms with van der Waals surface area (Å²) >= 11 is 0. The van der Waals surface area contributed by atoms with Crippen LogP contribution in [0.5, 0.6) is 0 Å². The minimum Gasteiger partial charge on any atom is -0.390 e. The lowest BCUT2D eigenvalue weighted by Crippen LogP contribution is -2.56. The Morgan fingerprint density at radius 3 is 2.40 bits per heavy atom. The highest BCUT2D eigenvalue weighted by atomic mass is 16.3. The van der Waals surface area contributed by atoms with E-state index in [1.807, 2.05) is 13.0 Å². The smallest absolute Gasteiger partial charge is 0.152 e. The van der Waals surface area contributed by atoms with E-state index in [0.717, 1.165) is 19.3 Å². The van der Waals surface area contributed by atoms with Gasteiger partial charge in [0.05, 0.1) is 5.60 Å². The monoisotopic (exact) mass is 278 g/mol. The second kappa shape index (κ2) is 4.98. The number of hydrogen-bond donors (Lipinski definition) is 1. The number of allylic oxidation sites excluding steroid dienone is 1. The van der Waals surface area contributed by atoms with E-state index in [9.17, 15) is 9.90 Å². The van der Waals surface area contributed by atoms with Crippen LogP contribution in [0.1, 0.15) is 66.7 Å². The molecule has 2 aliphatic carbocycles. The first kappa shape index (κ1) is 15.8. The van der Waals surface area contributed by atoms with Crippen LogP contribution in [0.15, 0.2) is 12.2 Å². The number of fused-ring (bicyclic) bond motifs is 1. The second-order valence-corrected chi connectivity index (χ2v) is 8.24. The molecule has 0 unspecified atom stereocenters. The Labute approximate surface area is 123 Å². The van der Waals surface area contributed by atoms with Gasteiger partial charge in [-0.3, -0.25) is 4.79 Å². The van der Waals surface area contributed by atoms with Gasteiger partial charge in [0.15, 0.2) is 5.78 Å². The summed E-state index contributed by atoms with van der Waals surface area (Å²) in [6.45, 7) is 10.6. The molecule has 0 saturated heterocycles. The summed E-state index contributed by atoms with van der Waals surface area (Å²) in [5.74, 6) is 0.782. The normalized spacial score (nSPS) is 44.3. The molecule has 2 fully saturated rings. The number of carbonyl (C=O) groups is 1. The minimum atomic E-state index is -0.690. The predicted molar refractivity (Wildman–Crippen MR) is 82.4 cm³/mol. The van der Waals surface area contributed by atoms with E-state index in [4.69, 9.17) is 0 Å². The third kappa shape index (κ3) is 2.59. The molecule has 20 heavy (non-hydrogen) atoms. The molecule has 0 aromatic rings. The zero-order valence-electron chi connectivity index (χ0n) is 13.7. The summed E-state index contributed by atoms with van der Waals surface area (Å²) in [6, 6.07) is 0. The fourth-order valence-electron chi connectivity index (χ4n) is 5.22. The van der Waals surface area contributed by atoms with Gasteiger partial charge in [-0.1, -0.05) is 33.3 Å². The summed E-state index contributed by atoms with van der Waals surface area (Å²) in [5, 5.41) is 10.9. The van der Waals surface area contributed by atoms with Gasteiger partial charge in [-0.15, -0.1) is 0 Å². The number of rotatable bonds is 2. The molecular weight excluding hydrogens is 248 g/mol. The topological polar surface area (TPSA) is 37.3 Å². The highest BCUT2D eigenvalue weighted by Gasteiger charge is 2.57. The minimum absolute atomic E-state index is 0.0709. The van der Waals surface area contributed by atoms with Gasteiger partial charge in [-0.05, 0) is 62.4 Å². The van der Waals surface area contributed by atoms with Gasteiger partial charge in [-0.25, -0.2) is 0 Å². The maximum Gasteiger partial charge on any atom is 0.152 e. The van der Waals surface area contributed by atoms with Crippen LogP contribution in [0.3, 0.4) is 0 Å². The van der Waals surface area contributed by atoms with Gasteiger partial charge in [0.2, 0.25) is 0 Å². The first-order valence-corrected chi connectivity index (χ1v) is 8.01. The molecule has 2 rings (SSSR count). The fraction of sp³-hybridized carbons (Fsp3) is 0.833. The zero-order chi connectivity index (χ0) is 15.2. The molecule has 114 valence electrons. The molecule has 0 radical (unpaired) electrons. The number of hydrogen-bond acceptors (Lipinski definition) is 2. The average Bonchev–Trinajstić information content (AvgIpc) is 2.25. The van der Waals surface area contributed by atoms with Gasteiger partial charge in [0.1, 0.15) is 0 Å².